The molecule has 1 fully saturated rings. The topological polar surface area (TPSA) is 19.4 Å². The van der Waals surface area contributed by atoms with Crippen LogP contribution in [0.1, 0.15) is 43.0 Å². The predicted octanol–water partition coefficient (Wildman–Crippen LogP) is 4.01. The molecule has 3 rings (SSSR count). The van der Waals surface area contributed by atoms with Gasteiger partial charge >= 0.3 is 0 Å². The summed E-state index contributed by atoms with van der Waals surface area (Å²) >= 11 is 0. The molecule has 0 atom stereocenters. The fraction of sp³-hybridized carbons (Fsp3) is 0.500. The van der Waals surface area contributed by atoms with Crippen molar-refractivity contribution in [3.05, 3.63) is 65.0 Å². The molecule has 3 nitrogen and oxygen atoms in total. The SMILES string of the molecule is Cc1cnccc1CN1CCN(Cc2ccc(C(C)(C)C)cc2)CC1. The Morgan fingerprint density at radius 2 is 1.48 bits per heavy atom. The van der Waals surface area contributed by atoms with Gasteiger partial charge in [0.25, 0.3) is 0 Å². The molecule has 25 heavy (non-hydrogen) atoms. The van der Waals surface area contributed by atoms with E-state index in [1.54, 1.807) is 0 Å². The first-order valence-electron chi connectivity index (χ1n) is 9.35. The first kappa shape index (κ1) is 18.1. The molecule has 0 saturated carbocycles. The Morgan fingerprint density at radius 3 is 2.04 bits per heavy atom. The van der Waals surface area contributed by atoms with Gasteiger partial charge in [-0.1, -0.05) is 45.0 Å². The average Bonchev–Trinajstić information content (AvgIpc) is 2.58. The summed E-state index contributed by atoms with van der Waals surface area (Å²) in [4.78, 5) is 9.32. The van der Waals surface area contributed by atoms with Gasteiger partial charge in [-0.05, 0) is 40.7 Å². The number of hydrogen-bond donors (Lipinski definition) is 0. The minimum atomic E-state index is 0.231. The Labute approximate surface area is 152 Å². The summed E-state index contributed by atoms with van der Waals surface area (Å²) in [5.74, 6) is 0. The van der Waals surface area contributed by atoms with Crippen molar-refractivity contribution < 1.29 is 0 Å². The van der Waals surface area contributed by atoms with Gasteiger partial charge in [-0.2, -0.15) is 0 Å². The summed E-state index contributed by atoms with van der Waals surface area (Å²) in [5, 5.41) is 0. The van der Waals surface area contributed by atoms with Crippen LogP contribution in [0.3, 0.4) is 0 Å². The average molecular weight is 338 g/mol. The van der Waals surface area contributed by atoms with E-state index in [4.69, 9.17) is 0 Å². The van der Waals surface area contributed by atoms with Crippen molar-refractivity contribution in [2.24, 2.45) is 0 Å². The lowest BCUT2D eigenvalue weighted by molar-refractivity contribution is 0.122. The van der Waals surface area contributed by atoms with Crippen molar-refractivity contribution in [3.63, 3.8) is 0 Å². The monoisotopic (exact) mass is 337 g/mol. The van der Waals surface area contributed by atoms with Crippen molar-refractivity contribution in [1.82, 2.24) is 14.8 Å². The van der Waals surface area contributed by atoms with E-state index < -0.39 is 0 Å². The Bertz CT molecular complexity index is 677. The highest BCUT2D eigenvalue weighted by molar-refractivity contribution is 5.27. The van der Waals surface area contributed by atoms with Crippen LogP contribution in [0.5, 0.6) is 0 Å². The molecule has 0 radical (unpaired) electrons. The molecule has 1 saturated heterocycles. The highest BCUT2D eigenvalue weighted by atomic mass is 15.3. The zero-order chi connectivity index (χ0) is 17.9. The Kier molecular flexibility index (Phi) is 5.55. The van der Waals surface area contributed by atoms with Gasteiger partial charge in [-0.3, -0.25) is 14.8 Å². The van der Waals surface area contributed by atoms with Crippen LogP contribution in [0.25, 0.3) is 0 Å². The zero-order valence-corrected chi connectivity index (χ0v) is 16.1. The highest BCUT2D eigenvalue weighted by Crippen LogP contribution is 2.22. The third-order valence-electron chi connectivity index (χ3n) is 5.22. The maximum Gasteiger partial charge on any atom is 0.0300 e. The molecule has 0 spiro atoms. The summed E-state index contributed by atoms with van der Waals surface area (Å²) in [6.45, 7) is 15.6. The van der Waals surface area contributed by atoms with E-state index in [1.807, 2.05) is 12.4 Å². The van der Waals surface area contributed by atoms with Crippen molar-refractivity contribution >= 4 is 0 Å². The fourth-order valence-electron chi connectivity index (χ4n) is 3.39. The molecule has 134 valence electrons. The molecule has 1 aliphatic rings. The lowest BCUT2D eigenvalue weighted by Crippen LogP contribution is -2.45. The normalized spacial score (nSPS) is 17.0. The van der Waals surface area contributed by atoms with Gasteiger partial charge in [0.1, 0.15) is 0 Å². The smallest absolute Gasteiger partial charge is 0.0300 e. The van der Waals surface area contributed by atoms with E-state index in [-0.39, 0.29) is 5.41 Å². The number of aryl methyl sites for hydroxylation is 1. The molecule has 1 aromatic carbocycles. The van der Waals surface area contributed by atoms with Crippen LogP contribution in [0, 0.1) is 6.92 Å². The summed E-state index contributed by atoms with van der Waals surface area (Å²) in [6.07, 6.45) is 3.87. The summed E-state index contributed by atoms with van der Waals surface area (Å²) in [7, 11) is 0. The lowest BCUT2D eigenvalue weighted by atomic mass is 9.87. The second kappa shape index (κ2) is 7.67. The Morgan fingerprint density at radius 1 is 0.880 bits per heavy atom. The number of benzene rings is 1. The first-order valence-corrected chi connectivity index (χ1v) is 9.35. The highest BCUT2D eigenvalue weighted by Gasteiger charge is 2.18. The fourth-order valence-corrected chi connectivity index (χ4v) is 3.39. The number of nitrogens with zero attached hydrogens (tertiary/aromatic N) is 3. The lowest BCUT2D eigenvalue weighted by Gasteiger charge is -2.35. The van der Waals surface area contributed by atoms with E-state index in [0.717, 1.165) is 39.3 Å². The second-order valence-corrected chi connectivity index (χ2v) is 8.30. The van der Waals surface area contributed by atoms with Crippen molar-refractivity contribution in [2.45, 2.75) is 46.2 Å². The van der Waals surface area contributed by atoms with E-state index >= 15 is 0 Å². The Hall–Kier alpha value is -1.71. The molecule has 0 amide bonds. The maximum atomic E-state index is 4.19. The third kappa shape index (κ3) is 4.90. The van der Waals surface area contributed by atoms with Gasteiger partial charge in [0, 0.05) is 51.7 Å². The quantitative estimate of drug-likeness (QED) is 0.840. The number of rotatable bonds is 4. The number of aromatic nitrogens is 1. The summed E-state index contributed by atoms with van der Waals surface area (Å²) in [5.41, 5.74) is 5.76. The van der Waals surface area contributed by atoms with Crippen molar-refractivity contribution in [1.29, 1.82) is 0 Å². The minimum Gasteiger partial charge on any atom is -0.297 e. The Balaban J connectivity index is 1.50. The molecule has 2 aromatic rings. The molecule has 0 unspecified atom stereocenters. The van der Waals surface area contributed by atoms with Gasteiger partial charge in [0.05, 0.1) is 0 Å². The number of piperazine rings is 1. The van der Waals surface area contributed by atoms with E-state index in [2.05, 4.69) is 72.8 Å². The molecule has 0 N–H and O–H groups in total. The van der Waals surface area contributed by atoms with Crippen LogP contribution in [-0.2, 0) is 18.5 Å². The minimum absolute atomic E-state index is 0.231. The second-order valence-electron chi connectivity index (χ2n) is 8.30. The van der Waals surface area contributed by atoms with E-state index in [9.17, 15) is 0 Å². The van der Waals surface area contributed by atoms with Gasteiger partial charge in [0.2, 0.25) is 0 Å². The third-order valence-corrected chi connectivity index (χ3v) is 5.22. The summed E-state index contributed by atoms with van der Waals surface area (Å²) in [6, 6.07) is 11.3. The molecule has 1 aromatic heterocycles. The molecule has 2 heterocycles. The molecular weight excluding hydrogens is 306 g/mol. The largest absolute Gasteiger partial charge is 0.297 e. The van der Waals surface area contributed by atoms with Crippen LogP contribution in [-0.4, -0.2) is 41.0 Å². The predicted molar refractivity (Wildman–Crippen MR) is 105 cm³/mol. The standard InChI is InChI=1S/C22H31N3/c1-18-15-23-10-9-20(18)17-25-13-11-24(12-14-25)16-19-5-7-21(8-6-19)22(2,3)4/h5-10,15H,11-14,16-17H2,1-4H3. The number of pyridine rings is 1. The molecule has 3 heteroatoms. The van der Waals surface area contributed by atoms with Crippen LogP contribution in [0.2, 0.25) is 0 Å². The van der Waals surface area contributed by atoms with Gasteiger partial charge in [-0.25, -0.2) is 0 Å². The van der Waals surface area contributed by atoms with E-state index in [0.29, 0.717) is 0 Å². The summed E-state index contributed by atoms with van der Waals surface area (Å²) < 4.78 is 0. The van der Waals surface area contributed by atoms with Gasteiger partial charge < -0.3 is 0 Å². The zero-order valence-electron chi connectivity index (χ0n) is 16.1. The molecule has 0 aliphatic carbocycles. The first-order chi connectivity index (χ1) is 11.9. The molecular formula is C22H31N3. The van der Waals surface area contributed by atoms with Crippen LogP contribution in [0.15, 0.2) is 42.7 Å². The van der Waals surface area contributed by atoms with Crippen LogP contribution < -0.4 is 0 Å². The van der Waals surface area contributed by atoms with Gasteiger partial charge in [0.15, 0.2) is 0 Å². The van der Waals surface area contributed by atoms with Gasteiger partial charge in [-0.15, -0.1) is 0 Å². The van der Waals surface area contributed by atoms with Crippen LogP contribution in [0.4, 0.5) is 0 Å². The van der Waals surface area contributed by atoms with Crippen molar-refractivity contribution in [2.75, 3.05) is 26.2 Å². The molecule has 0 bridgehead atoms. The molecule has 1 aliphatic heterocycles. The maximum absolute atomic E-state index is 4.19. The van der Waals surface area contributed by atoms with Crippen LogP contribution >= 0.6 is 0 Å². The number of hydrogen-bond acceptors (Lipinski definition) is 3. The van der Waals surface area contributed by atoms with Crippen molar-refractivity contribution in [3.8, 4) is 0 Å². The van der Waals surface area contributed by atoms with E-state index in [1.165, 1.54) is 22.3 Å².